The average molecular weight is 221 g/mol. The van der Waals surface area contributed by atoms with Crippen molar-refractivity contribution in [3.8, 4) is 0 Å². The van der Waals surface area contributed by atoms with Gasteiger partial charge in [-0.05, 0) is 25.5 Å². The summed E-state index contributed by atoms with van der Waals surface area (Å²) in [6.07, 6.45) is 0. The molecule has 0 saturated carbocycles. The van der Waals surface area contributed by atoms with Gasteiger partial charge in [-0.3, -0.25) is 4.90 Å². The van der Waals surface area contributed by atoms with Crippen molar-refractivity contribution in [2.24, 2.45) is 5.92 Å². The molecule has 16 heavy (non-hydrogen) atoms. The lowest BCUT2D eigenvalue weighted by Gasteiger charge is -2.34. The van der Waals surface area contributed by atoms with Gasteiger partial charge in [0.05, 0.1) is 12.6 Å². The van der Waals surface area contributed by atoms with Crippen LogP contribution in [0.1, 0.15) is 32.4 Å². The second-order valence-corrected chi connectivity index (χ2v) is 4.76. The Bertz CT molecular complexity index is 297. The van der Waals surface area contributed by atoms with Gasteiger partial charge in [0, 0.05) is 6.04 Å². The third kappa shape index (κ3) is 3.06. The molecule has 0 aliphatic heterocycles. The van der Waals surface area contributed by atoms with E-state index in [9.17, 15) is 5.11 Å². The molecule has 1 aromatic carbocycles. The first-order valence-corrected chi connectivity index (χ1v) is 5.95. The number of aliphatic hydroxyl groups is 1. The first-order chi connectivity index (χ1) is 7.57. The summed E-state index contributed by atoms with van der Waals surface area (Å²) in [4.78, 5) is 2.25. The highest BCUT2D eigenvalue weighted by molar-refractivity contribution is 5.19. The maximum absolute atomic E-state index is 9.54. The summed E-state index contributed by atoms with van der Waals surface area (Å²) in [5.41, 5.74) is 1.18. The van der Waals surface area contributed by atoms with Gasteiger partial charge in [-0.25, -0.2) is 0 Å². The highest BCUT2D eigenvalue weighted by Crippen LogP contribution is 2.23. The Balaban J connectivity index is 2.83. The van der Waals surface area contributed by atoms with Crippen molar-refractivity contribution >= 4 is 0 Å². The fourth-order valence-electron chi connectivity index (χ4n) is 1.90. The van der Waals surface area contributed by atoms with Gasteiger partial charge in [0.15, 0.2) is 0 Å². The van der Waals surface area contributed by atoms with Gasteiger partial charge in [0.2, 0.25) is 0 Å². The number of hydrogen-bond acceptors (Lipinski definition) is 2. The van der Waals surface area contributed by atoms with Gasteiger partial charge in [0.25, 0.3) is 0 Å². The van der Waals surface area contributed by atoms with E-state index in [4.69, 9.17) is 0 Å². The van der Waals surface area contributed by atoms with Crippen LogP contribution in [0.25, 0.3) is 0 Å². The van der Waals surface area contributed by atoms with E-state index in [1.54, 1.807) is 0 Å². The minimum absolute atomic E-state index is 0.0959. The molecule has 0 heterocycles. The normalized spacial score (nSPS) is 15.4. The highest BCUT2D eigenvalue weighted by Gasteiger charge is 2.22. The van der Waals surface area contributed by atoms with E-state index in [0.717, 1.165) is 0 Å². The summed E-state index contributed by atoms with van der Waals surface area (Å²) >= 11 is 0. The van der Waals surface area contributed by atoms with E-state index in [0.29, 0.717) is 12.0 Å². The van der Waals surface area contributed by atoms with Crippen LogP contribution in [-0.4, -0.2) is 29.7 Å². The summed E-state index contributed by atoms with van der Waals surface area (Å²) in [7, 11) is 2.08. The van der Waals surface area contributed by atoms with Crippen LogP contribution in [0.2, 0.25) is 0 Å². The molecule has 0 aromatic heterocycles. The number of likely N-dealkylation sites (N-methyl/N-ethyl adjacent to an activating group) is 1. The zero-order valence-electron chi connectivity index (χ0n) is 10.7. The molecule has 2 atom stereocenters. The Labute approximate surface area is 98.9 Å². The fourth-order valence-corrected chi connectivity index (χ4v) is 1.90. The second-order valence-electron chi connectivity index (χ2n) is 4.76. The van der Waals surface area contributed by atoms with E-state index in [1.807, 2.05) is 18.2 Å². The zero-order chi connectivity index (χ0) is 12.1. The van der Waals surface area contributed by atoms with Gasteiger partial charge in [-0.2, -0.15) is 0 Å². The first-order valence-electron chi connectivity index (χ1n) is 5.95. The fraction of sp³-hybridized carbons (Fsp3) is 0.571. The molecule has 0 aliphatic rings. The van der Waals surface area contributed by atoms with Crippen molar-refractivity contribution < 1.29 is 5.11 Å². The summed E-state index contributed by atoms with van der Waals surface area (Å²) in [5, 5.41) is 9.54. The maximum atomic E-state index is 9.54. The Morgan fingerprint density at radius 2 is 1.69 bits per heavy atom. The Kier molecular flexibility index (Phi) is 4.97. The molecule has 0 radical (unpaired) electrons. The summed E-state index contributed by atoms with van der Waals surface area (Å²) < 4.78 is 0. The topological polar surface area (TPSA) is 23.5 Å². The molecule has 1 aromatic rings. The lowest BCUT2D eigenvalue weighted by molar-refractivity contribution is 0.0953. The number of hydrogen-bond donors (Lipinski definition) is 1. The minimum Gasteiger partial charge on any atom is -0.394 e. The molecule has 0 aliphatic carbocycles. The predicted molar refractivity (Wildman–Crippen MR) is 68.3 cm³/mol. The van der Waals surface area contributed by atoms with Gasteiger partial charge in [-0.15, -0.1) is 0 Å². The third-order valence-electron chi connectivity index (χ3n) is 3.46. The van der Waals surface area contributed by atoms with Crippen LogP contribution in [0, 0.1) is 5.92 Å². The van der Waals surface area contributed by atoms with E-state index >= 15 is 0 Å². The number of aliphatic hydroxyl groups excluding tert-OH is 1. The van der Waals surface area contributed by atoms with E-state index < -0.39 is 0 Å². The molecule has 0 saturated heterocycles. The molecule has 90 valence electrons. The van der Waals surface area contributed by atoms with Crippen molar-refractivity contribution in [1.82, 2.24) is 4.90 Å². The van der Waals surface area contributed by atoms with E-state index in [1.165, 1.54) is 5.56 Å². The molecule has 1 N–H and O–H groups in total. The van der Waals surface area contributed by atoms with E-state index in [2.05, 4.69) is 44.9 Å². The van der Waals surface area contributed by atoms with Crippen LogP contribution in [0.4, 0.5) is 0 Å². The van der Waals surface area contributed by atoms with Crippen LogP contribution in [0.3, 0.4) is 0 Å². The standard InChI is InChI=1S/C14H23NO/c1-11(2)12(3)15(4)14(10-16)13-8-6-5-7-9-13/h5-9,11-12,14,16H,10H2,1-4H3/t12-,14-/m0/s1. The van der Waals surface area contributed by atoms with Crippen molar-refractivity contribution in [2.75, 3.05) is 13.7 Å². The van der Waals surface area contributed by atoms with Gasteiger partial charge < -0.3 is 5.11 Å². The Morgan fingerprint density at radius 3 is 2.12 bits per heavy atom. The quantitative estimate of drug-likeness (QED) is 0.826. The summed E-state index contributed by atoms with van der Waals surface area (Å²) in [6.45, 7) is 6.79. The van der Waals surface area contributed by atoms with Crippen molar-refractivity contribution in [3.05, 3.63) is 35.9 Å². The Morgan fingerprint density at radius 1 is 1.12 bits per heavy atom. The summed E-state index contributed by atoms with van der Waals surface area (Å²) in [6, 6.07) is 10.7. The van der Waals surface area contributed by atoms with Crippen molar-refractivity contribution in [2.45, 2.75) is 32.9 Å². The molecule has 0 fully saturated rings. The van der Waals surface area contributed by atoms with Crippen LogP contribution < -0.4 is 0 Å². The van der Waals surface area contributed by atoms with Crippen LogP contribution in [-0.2, 0) is 0 Å². The van der Waals surface area contributed by atoms with Crippen molar-refractivity contribution in [1.29, 1.82) is 0 Å². The zero-order valence-corrected chi connectivity index (χ0v) is 10.7. The number of benzene rings is 1. The van der Waals surface area contributed by atoms with Gasteiger partial charge in [-0.1, -0.05) is 44.2 Å². The molecule has 0 amide bonds. The molecular weight excluding hydrogens is 198 g/mol. The smallest absolute Gasteiger partial charge is 0.0628 e. The largest absolute Gasteiger partial charge is 0.394 e. The predicted octanol–water partition coefficient (Wildman–Crippen LogP) is 2.70. The highest BCUT2D eigenvalue weighted by atomic mass is 16.3. The number of nitrogens with zero attached hydrogens (tertiary/aromatic N) is 1. The minimum atomic E-state index is 0.0959. The second kappa shape index (κ2) is 6.02. The van der Waals surface area contributed by atoms with Crippen molar-refractivity contribution in [3.63, 3.8) is 0 Å². The van der Waals surface area contributed by atoms with Crippen LogP contribution in [0.5, 0.6) is 0 Å². The summed E-state index contributed by atoms with van der Waals surface area (Å²) in [5.74, 6) is 0.586. The Hall–Kier alpha value is -0.860. The average Bonchev–Trinajstić information content (AvgIpc) is 2.30. The first kappa shape index (κ1) is 13.2. The molecule has 0 spiro atoms. The van der Waals surface area contributed by atoms with Crippen LogP contribution in [0.15, 0.2) is 30.3 Å². The monoisotopic (exact) mass is 221 g/mol. The molecular formula is C14H23NO. The van der Waals surface area contributed by atoms with E-state index in [-0.39, 0.29) is 12.6 Å². The SMILES string of the molecule is CC(C)[C@H](C)N(C)[C@@H](CO)c1ccccc1. The molecule has 2 nitrogen and oxygen atoms in total. The molecule has 1 rings (SSSR count). The number of rotatable bonds is 5. The van der Waals surface area contributed by atoms with Crippen LogP contribution >= 0.6 is 0 Å². The third-order valence-corrected chi connectivity index (χ3v) is 3.46. The lowest BCUT2D eigenvalue weighted by Crippen LogP contribution is -2.38. The molecule has 0 bridgehead atoms. The lowest BCUT2D eigenvalue weighted by atomic mass is 10.00. The van der Waals surface area contributed by atoms with Gasteiger partial charge in [0.1, 0.15) is 0 Å². The maximum Gasteiger partial charge on any atom is 0.0628 e. The van der Waals surface area contributed by atoms with Gasteiger partial charge >= 0.3 is 0 Å². The molecule has 0 unspecified atom stereocenters. The molecule has 2 heteroatoms.